The van der Waals surface area contributed by atoms with Gasteiger partial charge in [-0.1, -0.05) is 18.2 Å². The van der Waals surface area contributed by atoms with Crippen molar-refractivity contribution in [1.82, 2.24) is 20.0 Å². The zero-order valence-electron chi connectivity index (χ0n) is 16.6. The number of rotatable bonds is 5. The Hall–Kier alpha value is -3.10. The molecule has 1 aromatic carbocycles. The third-order valence-electron chi connectivity index (χ3n) is 5.96. The Labute approximate surface area is 174 Å². The number of fused-ring (bicyclic) bond motifs is 1. The molecule has 0 amide bonds. The maximum absolute atomic E-state index is 13.3. The summed E-state index contributed by atoms with van der Waals surface area (Å²) in [5.41, 5.74) is 1.81. The minimum absolute atomic E-state index is 0.202. The monoisotopic (exact) mass is 407 g/mol. The van der Waals surface area contributed by atoms with Gasteiger partial charge in [-0.2, -0.15) is 5.06 Å². The van der Waals surface area contributed by atoms with Gasteiger partial charge in [-0.05, 0) is 29.3 Å². The number of nitrogens with zero attached hydrogens (tertiary/aromatic N) is 5. The van der Waals surface area contributed by atoms with Crippen molar-refractivity contribution >= 4 is 5.95 Å². The molecule has 2 atom stereocenters. The van der Waals surface area contributed by atoms with Crippen LogP contribution in [0.1, 0.15) is 11.1 Å². The molecular weight excluding hydrogens is 385 g/mol. The van der Waals surface area contributed by atoms with Gasteiger partial charge in [0, 0.05) is 31.4 Å². The Balaban J connectivity index is 1.49. The minimum Gasteiger partial charge on any atom is -0.497 e. The van der Waals surface area contributed by atoms with E-state index in [4.69, 9.17) is 9.57 Å². The maximum atomic E-state index is 13.3. The second-order valence-corrected chi connectivity index (χ2v) is 7.63. The normalized spacial score (nSPS) is 23.5. The molecule has 0 saturated carbocycles. The Morgan fingerprint density at radius 3 is 2.67 bits per heavy atom. The third kappa shape index (κ3) is 3.18. The van der Waals surface area contributed by atoms with Gasteiger partial charge in [0.15, 0.2) is 5.82 Å². The van der Waals surface area contributed by atoms with Crippen LogP contribution >= 0.6 is 0 Å². The van der Waals surface area contributed by atoms with Gasteiger partial charge in [0.1, 0.15) is 5.75 Å². The van der Waals surface area contributed by atoms with Gasteiger partial charge >= 0.3 is 0 Å². The van der Waals surface area contributed by atoms with Crippen molar-refractivity contribution in [1.29, 1.82) is 0 Å². The molecule has 3 aromatic rings. The maximum Gasteiger partial charge on any atom is 0.225 e. The topological polar surface area (TPSA) is 63.6 Å². The molecule has 4 heterocycles. The van der Waals surface area contributed by atoms with E-state index in [1.807, 2.05) is 36.5 Å². The smallest absolute Gasteiger partial charge is 0.225 e. The van der Waals surface area contributed by atoms with Gasteiger partial charge in [0.05, 0.1) is 38.2 Å². The SMILES string of the molecule is COc1ccc(CN2OCC3CN(c4ncc(F)cn4)CC32c2cccnc2)cc1. The Kier molecular flexibility index (Phi) is 4.80. The number of hydroxylamine groups is 2. The molecule has 2 aliphatic rings. The number of hydrogen-bond donors (Lipinski definition) is 0. The van der Waals surface area contributed by atoms with Crippen LogP contribution in [0.15, 0.2) is 61.2 Å². The molecule has 2 fully saturated rings. The highest BCUT2D eigenvalue weighted by atomic mass is 19.1. The van der Waals surface area contributed by atoms with Gasteiger partial charge in [0.25, 0.3) is 0 Å². The Morgan fingerprint density at radius 1 is 1.17 bits per heavy atom. The number of ether oxygens (including phenoxy) is 1. The first-order valence-electron chi connectivity index (χ1n) is 9.85. The highest BCUT2D eigenvalue weighted by Gasteiger charge is 2.57. The first kappa shape index (κ1) is 18.9. The second kappa shape index (κ2) is 7.62. The second-order valence-electron chi connectivity index (χ2n) is 7.63. The Bertz CT molecular complexity index is 1000. The fourth-order valence-corrected chi connectivity index (χ4v) is 4.46. The van der Waals surface area contributed by atoms with Gasteiger partial charge in [0.2, 0.25) is 5.95 Å². The number of benzene rings is 1. The molecule has 154 valence electrons. The molecule has 2 aliphatic heterocycles. The molecule has 0 spiro atoms. The van der Waals surface area contributed by atoms with Crippen molar-refractivity contribution in [2.75, 3.05) is 31.7 Å². The van der Waals surface area contributed by atoms with Crippen LogP contribution in [0.3, 0.4) is 0 Å². The van der Waals surface area contributed by atoms with Crippen molar-refractivity contribution in [2.24, 2.45) is 5.92 Å². The summed E-state index contributed by atoms with van der Waals surface area (Å²) in [5.74, 6) is 1.11. The third-order valence-corrected chi connectivity index (χ3v) is 5.96. The summed E-state index contributed by atoms with van der Waals surface area (Å²) in [6.07, 6.45) is 6.09. The van der Waals surface area contributed by atoms with E-state index in [-0.39, 0.29) is 5.92 Å². The van der Waals surface area contributed by atoms with Crippen molar-refractivity contribution < 1.29 is 14.0 Å². The first-order valence-corrected chi connectivity index (χ1v) is 9.85. The molecule has 30 heavy (non-hydrogen) atoms. The minimum atomic E-state index is -0.440. The largest absolute Gasteiger partial charge is 0.497 e. The van der Waals surface area contributed by atoms with Crippen molar-refractivity contribution in [2.45, 2.75) is 12.1 Å². The number of hydrogen-bond acceptors (Lipinski definition) is 7. The molecule has 7 nitrogen and oxygen atoms in total. The molecule has 0 aliphatic carbocycles. The molecule has 2 unspecified atom stereocenters. The van der Waals surface area contributed by atoms with Gasteiger partial charge < -0.3 is 9.64 Å². The van der Waals surface area contributed by atoms with Crippen LogP contribution in [0.4, 0.5) is 10.3 Å². The predicted octanol–water partition coefficient (Wildman–Crippen LogP) is 2.80. The molecule has 0 bridgehead atoms. The number of halogens is 1. The van der Waals surface area contributed by atoms with E-state index in [0.717, 1.165) is 23.4 Å². The quantitative estimate of drug-likeness (QED) is 0.644. The highest BCUT2D eigenvalue weighted by molar-refractivity contribution is 5.40. The molecule has 0 N–H and O–H groups in total. The number of pyridine rings is 1. The molecule has 0 radical (unpaired) electrons. The van der Waals surface area contributed by atoms with Gasteiger partial charge in [-0.3, -0.25) is 9.82 Å². The number of aromatic nitrogens is 3. The molecule has 2 aromatic heterocycles. The van der Waals surface area contributed by atoms with E-state index < -0.39 is 11.4 Å². The standard InChI is InChI=1S/C22H22FN5O2/c1-29-20-6-4-16(5-7-20)12-28-22(17-3-2-8-24-9-17)15-27(13-18(22)14-30-28)21-25-10-19(23)11-26-21/h2-11,18H,12-15H2,1H3. The van der Waals surface area contributed by atoms with E-state index in [1.54, 1.807) is 13.3 Å². The van der Waals surface area contributed by atoms with E-state index in [2.05, 4.69) is 31.0 Å². The van der Waals surface area contributed by atoms with Crippen LogP contribution in [0.2, 0.25) is 0 Å². The summed E-state index contributed by atoms with van der Waals surface area (Å²) in [4.78, 5) is 21.0. The van der Waals surface area contributed by atoms with E-state index in [1.165, 1.54) is 12.4 Å². The zero-order chi connectivity index (χ0) is 20.6. The van der Waals surface area contributed by atoms with Crippen LogP contribution in [0.25, 0.3) is 0 Å². The highest BCUT2D eigenvalue weighted by Crippen LogP contribution is 2.48. The van der Waals surface area contributed by atoms with Crippen molar-refractivity contribution in [3.05, 3.63) is 78.1 Å². The fourth-order valence-electron chi connectivity index (χ4n) is 4.46. The average molecular weight is 407 g/mol. The molecular formula is C22H22FN5O2. The summed E-state index contributed by atoms with van der Waals surface area (Å²) < 4.78 is 18.6. The van der Waals surface area contributed by atoms with Crippen LogP contribution in [0.5, 0.6) is 5.75 Å². The molecule has 5 rings (SSSR count). The van der Waals surface area contributed by atoms with Crippen LogP contribution in [0, 0.1) is 11.7 Å². The summed E-state index contributed by atoms with van der Waals surface area (Å²) in [7, 11) is 1.66. The van der Waals surface area contributed by atoms with Crippen molar-refractivity contribution in [3.63, 3.8) is 0 Å². The summed E-state index contributed by atoms with van der Waals surface area (Å²) in [6, 6.07) is 12.0. The lowest BCUT2D eigenvalue weighted by Crippen LogP contribution is -2.46. The van der Waals surface area contributed by atoms with Gasteiger partial charge in [-0.25, -0.2) is 14.4 Å². The van der Waals surface area contributed by atoms with E-state index in [0.29, 0.717) is 25.6 Å². The summed E-state index contributed by atoms with van der Waals surface area (Å²) in [5, 5.41) is 2.06. The van der Waals surface area contributed by atoms with Crippen molar-refractivity contribution in [3.8, 4) is 5.75 Å². The Morgan fingerprint density at radius 2 is 1.97 bits per heavy atom. The predicted molar refractivity (Wildman–Crippen MR) is 108 cm³/mol. The summed E-state index contributed by atoms with van der Waals surface area (Å²) in [6.45, 7) is 2.56. The lowest BCUT2D eigenvalue weighted by molar-refractivity contribution is -0.172. The molecule has 2 saturated heterocycles. The van der Waals surface area contributed by atoms with Crippen LogP contribution in [-0.4, -0.2) is 46.8 Å². The van der Waals surface area contributed by atoms with Crippen LogP contribution in [-0.2, 0) is 16.9 Å². The average Bonchev–Trinajstić information content (AvgIpc) is 3.33. The van der Waals surface area contributed by atoms with Gasteiger partial charge in [-0.15, -0.1) is 0 Å². The zero-order valence-corrected chi connectivity index (χ0v) is 16.6. The molecule has 8 heteroatoms. The number of methoxy groups -OCH3 is 1. The summed E-state index contributed by atoms with van der Waals surface area (Å²) >= 11 is 0. The van der Waals surface area contributed by atoms with E-state index >= 15 is 0 Å². The lowest BCUT2D eigenvalue weighted by atomic mass is 9.82. The van der Waals surface area contributed by atoms with E-state index in [9.17, 15) is 4.39 Å². The lowest BCUT2D eigenvalue weighted by Gasteiger charge is -2.36. The number of anilines is 1. The fraction of sp³-hybridized carbons (Fsp3) is 0.318. The first-order chi connectivity index (χ1) is 14.7. The van der Waals surface area contributed by atoms with Crippen LogP contribution < -0.4 is 9.64 Å².